The van der Waals surface area contributed by atoms with Crippen molar-refractivity contribution in [1.82, 2.24) is 5.32 Å². The zero-order valence-corrected chi connectivity index (χ0v) is 24.5. The van der Waals surface area contributed by atoms with E-state index < -0.39 is 7.26 Å². The van der Waals surface area contributed by atoms with Crippen molar-refractivity contribution in [2.75, 3.05) is 26.4 Å². The summed E-state index contributed by atoms with van der Waals surface area (Å²) >= 11 is 0. The summed E-state index contributed by atoms with van der Waals surface area (Å²) in [6.07, 6.45) is 3.28. The van der Waals surface area contributed by atoms with Gasteiger partial charge in [0.05, 0.1) is 19.3 Å². The average Bonchev–Trinajstić information content (AvgIpc) is 2.86. The van der Waals surface area contributed by atoms with Gasteiger partial charge in [-0.25, -0.2) is 0 Å². The van der Waals surface area contributed by atoms with Crippen LogP contribution in [0.15, 0.2) is 84.9 Å². The lowest BCUT2D eigenvalue weighted by Crippen LogP contribution is -2.38. The van der Waals surface area contributed by atoms with E-state index in [1.807, 2.05) is 0 Å². The fourth-order valence-electron chi connectivity index (χ4n) is 5.04. The van der Waals surface area contributed by atoms with E-state index in [0.29, 0.717) is 13.0 Å². The molecule has 0 aliphatic carbocycles. The molecule has 0 spiro atoms. The van der Waals surface area contributed by atoms with Crippen LogP contribution in [0, 0.1) is 10.8 Å². The lowest BCUT2D eigenvalue weighted by atomic mass is 9.87. The largest absolute Gasteiger partial charge is 0.384 e. The third kappa shape index (κ3) is 8.25. The maximum Gasteiger partial charge on any atom is 0.220 e. The minimum absolute atomic E-state index is 0.0506. The highest BCUT2D eigenvalue weighted by molar-refractivity contribution is 7.95. The van der Waals surface area contributed by atoms with E-state index in [-0.39, 0.29) is 16.7 Å². The highest BCUT2D eigenvalue weighted by Crippen LogP contribution is 2.55. The van der Waals surface area contributed by atoms with Crippen molar-refractivity contribution in [3.63, 3.8) is 0 Å². The molecule has 4 heteroatoms. The number of benzene rings is 3. The molecule has 0 aromatic heterocycles. The van der Waals surface area contributed by atoms with Gasteiger partial charge in [0, 0.05) is 13.5 Å². The molecule has 3 aromatic rings. The van der Waals surface area contributed by atoms with Crippen LogP contribution in [0.1, 0.15) is 53.0 Å². The van der Waals surface area contributed by atoms with Crippen LogP contribution in [0.3, 0.4) is 0 Å². The van der Waals surface area contributed by atoms with Crippen LogP contribution in [-0.2, 0) is 16.0 Å². The molecular weight excluding hydrogens is 473 g/mol. The predicted octanol–water partition coefficient (Wildman–Crippen LogP) is 6.14. The second-order valence-corrected chi connectivity index (χ2v) is 15.7. The van der Waals surface area contributed by atoms with Crippen LogP contribution >= 0.6 is 7.26 Å². The van der Waals surface area contributed by atoms with E-state index in [9.17, 15) is 4.79 Å². The van der Waals surface area contributed by atoms with Gasteiger partial charge in [0.2, 0.25) is 5.91 Å². The molecule has 3 nitrogen and oxygen atoms in total. The number of hydrogen-bond donors (Lipinski definition) is 1. The third-order valence-corrected chi connectivity index (χ3v) is 11.2. The van der Waals surface area contributed by atoms with Gasteiger partial charge in [-0.2, -0.15) is 0 Å². The van der Waals surface area contributed by atoms with Crippen LogP contribution < -0.4 is 21.2 Å². The summed E-state index contributed by atoms with van der Waals surface area (Å²) in [4.78, 5) is 12.7. The lowest BCUT2D eigenvalue weighted by molar-refractivity contribution is -0.121. The molecule has 0 saturated carbocycles. The molecule has 0 heterocycles. The highest BCUT2D eigenvalue weighted by atomic mass is 31.2. The zero-order chi connectivity index (χ0) is 26.9. The number of ether oxygens (including phenoxy) is 1. The number of carbonyl (C=O) groups excluding carboxylic acids is 1. The van der Waals surface area contributed by atoms with Crippen LogP contribution in [0.25, 0.3) is 0 Å². The second kappa shape index (κ2) is 12.9. The zero-order valence-electron chi connectivity index (χ0n) is 23.6. The standard InChI is InChI=1S/C33H44NO2P/c1-32(2,3)21-20-31(35)34-22-23-37(28-15-9-7-10-16-28,29-17-11-8-12-18-29)30-19-13-14-27(24-30)25-33(4,5)26-36-6/h7-19,24H,20-23,25-26H2,1-6H3/p+1. The molecule has 0 bridgehead atoms. The normalized spacial score (nSPS) is 12.4. The Morgan fingerprint density at radius 2 is 1.38 bits per heavy atom. The highest BCUT2D eigenvalue weighted by Gasteiger charge is 2.45. The molecule has 0 atom stereocenters. The third-order valence-electron chi connectivity index (χ3n) is 6.83. The molecule has 0 aliphatic rings. The SMILES string of the molecule is COCC(C)(C)Cc1cccc([P+](CCNC(=O)CCC(C)(C)C)(c2ccccc2)c2ccccc2)c1. The van der Waals surface area contributed by atoms with Gasteiger partial charge in [0.1, 0.15) is 23.2 Å². The molecule has 37 heavy (non-hydrogen) atoms. The quantitative estimate of drug-likeness (QED) is 0.293. The van der Waals surface area contributed by atoms with Gasteiger partial charge in [-0.15, -0.1) is 0 Å². The number of amides is 1. The summed E-state index contributed by atoms with van der Waals surface area (Å²) in [5.74, 6) is 0.143. The van der Waals surface area contributed by atoms with Crippen molar-refractivity contribution < 1.29 is 9.53 Å². The van der Waals surface area contributed by atoms with Crippen molar-refractivity contribution >= 4 is 29.1 Å². The van der Waals surface area contributed by atoms with Crippen molar-refractivity contribution in [3.05, 3.63) is 90.5 Å². The first kappa shape index (κ1) is 29.1. The Morgan fingerprint density at radius 3 is 1.92 bits per heavy atom. The lowest BCUT2D eigenvalue weighted by Gasteiger charge is -2.29. The summed E-state index contributed by atoms with van der Waals surface area (Å²) in [5, 5.41) is 7.31. The molecule has 3 rings (SSSR count). The van der Waals surface area contributed by atoms with Gasteiger partial charge in [-0.05, 0) is 65.6 Å². The van der Waals surface area contributed by atoms with Gasteiger partial charge in [0.25, 0.3) is 0 Å². The van der Waals surface area contributed by atoms with E-state index in [2.05, 4.69) is 125 Å². The van der Waals surface area contributed by atoms with Crippen LogP contribution in [0.4, 0.5) is 0 Å². The van der Waals surface area contributed by atoms with E-state index in [1.54, 1.807) is 7.11 Å². The average molecular weight is 519 g/mol. The smallest absolute Gasteiger partial charge is 0.220 e. The molecular formula is C33H45NO2P+. The second-order valence-electron chi connectivity index (χ2n) is 12.1. The van der Waals surface area contributed by atoms with Crippen LogP contribution in [0.2, 0.25) is 0 Å². The topological polar surface area (TPSA) is 38.3 Å². The summed E-state index contributed by atoms with van der Waals surface area (Å²) in [5.41, 5.74) is 1.53. The van der Waals surface area contributed by atoms with Gasteiger partial charge in [-0.1, -0.05) is 83.1 Å². The van der Waals surface area contributed by atoms with Gasteiger partial charge >= 0.3 is 0 Å². The molecule has 1 N–H and O–H groups in total. The maximum absolute atomic E-state index is 12.7. The molecule has 0 fully saturated rings. The minimum atomic E-state index is -2.01. The molecule has 0 aliphatic heterocycles. The Balaban J connectivity index is 2.02. The molecule has 198 valence electrons. The molecule has 3 aromatic carbocycles. The number of carbonyl (C=O) groups is 1. The van der Waals surface area contributed by atoms with E-state index in [1.165, 1.54) is 21.5 Å². The summed E-state index contributed by atoms with van der Waals surface area (Å²) < 4.78 is 5.50. The van der Waals surface area contributed by atoms with Gasteiger partial charge in [-0.3, -0.25) is 4.79 Å². The van der Waals surface area contributed by atoms with Crippen molar-refractivity contribution in [2.24, 2.45) is 10.8 Å². The number of rotatable bonds is 12. The van der Waals surface area contributed by atoms with Crippen LogP contribution in [-0.4, -0.2) is 32.3 Å². The Bertz CT molecular complexity index is 1080. The fraction of sp³-hybridized carbons (Fsp3) is 0.424. The Hall–Kier alpha value is -2.48. The Labute approximate surface area is 225 Å². The van der Waals surface area contributed by atoms with Crippen LogP contribution in [0.5, 0.6) is 0 Å². The fourth-order valence-corrected chi connectivity index (χ4v) is 9.24. The summed E-state index contributed by atoms with van der Waals surface area (Å²) in [7, 11) is -0.242. The van der Waals surface area contributed by atoms with Crippen molar-refractivity contribution in [2.45, 2.75) is 53.9 Å². The number of nitrogens with one attached hydrogen (secondary N) is 1. The first-order valence-electron chi connectivity index (χ1n) is 13.4. The molecule has 0 unspecified atom stereocenters. The van der Waals surface area contributed by atoms with E-state index >= 15 is 0 Å². The molecule has 0 saturated heterocycles. The van der Waals surface area contributed by atoms with E-state index in [0.717, 1.165) is 25.6 Å². The Kier molecular flexibility index (Phi) is 10.1. The first-order chi connectivity index (χ1) is 17.6. The Morgan fingerprint density at radius 1 is 0.811 bits per heavy atom. The monoisotopic (exact) mass is 518 g/mol. The first-order valence-corrected chi connectivity index (χ1v) is 15.4. The molecule has 0 radical (unpaired) electrons. The van der Waals surface area contributed by atoms with Gasteiger partial charge in [0.15, 0.2) is 0 Å². The summed E-state index contributed by atoms with van der Waals surface area (Å²) in [6, 6.07) is 30.9. The van der Waals surface area contributed by atoms with Crippen molar-refractivity contribution in [3.8, 4) is 0 Å². The maximum atomic E-state index is 12.7. The predicted molar refractivity (Wildman–Crippen MR) is 161 cm³/mol. The molecule has 1 amide bonds. The number of methoxy groups -OCH3 is 1. The van der Waals surface area contributed by atoms with Gasteiger partial charge < -0.3 is 10.1 Å². The van der Waals surface area contributed by atoms with Crippen molar-refractivity contribution in [1.29, 1.82) is 0 Å². The minimum Gasteiger partial charge on any atom is -0.384 e. The number of hydrogen-bond acceptors (Lipinski definition) is 2. The summed E-state index contributed by atoms with van der Waals surface area (Å²) in [6.45, 7) is 12.4. The van der Waals surface area contributed by atoms with E-state index in [4.69, 9.17) is 4.74 Å².